The van der Waals surface area contributed by atoms with Gasteiger partial charge in [0.05, 0.1) is 5.52 Å². The van der Waals surface area contributed by atoms with Gasteiger partial charge in [-0.3, -0.25) is 9.36 Å². The Hall–Kier alpha value is -1.92. The van der Waals surface area contributed by atoms with Crippen LogP contribution in [0.3, 0.4) is 0 Å². The van der Waals surface area contributed by atoms with E-state index in [-0.39, 0.29) is 5.78 Å². The summed E-state index contributed by atoms with van der Waals surface area (Å²) in [5.74, 6) is -0.778. The smallest absolute Gasteiger partial charge is 0.408 e. The molecule has 1 aromatic carbocycles. The zero-order chi connectivity index (χ0) is 13.3. The van der Waals surface area contributed by atoms with Gasteiger partial charge in [-0.05, 0) is 18.2 Å². The molecule has 2 aromatic rings. The van der Waals surface area contributed by atoms with Crippen LogP contribution in [0.4, 0.5) is 0 Å². The quantitative estimate of drug-likeness (QED) is 0.597. The highest BCUT2D eigenvalue weighted by atomic mass is 16.7. The van der Waals surface area contributed by atoms with E-state index in [1.807, 2.05) is 0 Å². The molecule has 0 aliphatic rings. The molecule has 0 saturated heterocycles. The summed E-state index contributed by atoms with van der Waals surface area (Å²) in [6.07, 6.45) is -0.952. The number of aryl methyl sites for hydroxylation is 1. The van der Waals surface area contributed by atoms with E-state index in [0.717, 1.165) is 0 Å². The molecule has 18 heavy (non-hydrogen) atoms. The van der Waals surface area contributed by atoms with Crippen molar-refractivity contribution in [3.8, 4) is 0 Å². The Bertz CT molecular complexity index is 635. The summed E-state index contributed by atoms with van der Waals surface area (Å²) in [6, 6.07) is 4.72. The lowest BCUT2D eigenvalue weighted by molar-refractivity contribution is -0.0742. The zero-order valence-electron chi connectivity index (χ0n) is 10.3. The third-order valence-electron chi connectivity index (χ3n) is 2.72. The second-order valence-electron chi connectivity index (χ2n) is 3.78. The van der Waals surface area contributed by atoms with Crippen LogP contribution < -0.4 is 5.76 Å². The van der Waals surface area contributed by atoms with E-state index in [1.165, 1.54) is 18.8 Å². The molecule has 0 atom stereocenters. The van der Waals surface area contributed by atoms with Crippen molar-refractivity contribution >= 4 is 16.9 Å². The number of oxazole rings is 1. The monoisotopic (exact) mass is 251 g/mol. The highest BCUT2D eigenvalue weighted by molar-refractivity contribution is 6.00. The SMILES string of the molecule is COC(OC)C(=O)c1ccc2oc(=O)n(C)c2c1. The second-order valence-corrected chi connectivity index (χ2v) is 3.78. The van der Waals surface area contributed by atoms with Gasteiger partial charge in [-0.25, -0.2) is 4.79 Å². The average Bonchev–Trinajstić information content (AvgIpc) is 2.66. The van der Waals surface area contributed by atoms with E-state index < -0.39 is 12.0 Å². The van der Waals surface area contributed by atoms with Crippen molar-refractivity contribution < 1.29 is 18.7 Å². The van der Waals surface area contributed by atoms with Crippen LogP contribution in [-0.2, 0) is 16.5 Å². The molecule has 0 N–H and O–H groups in total. The summed E-state index contributed by atoms with van der Waals surface area (Å²) in [5, 5.41) is 0. The number of fused-ring (bicyclic) bond motifs is 1. The third-order valence-corrected chi connectivity index (χ3v) is 2.72. The molecule has 6 nitrogen and oxygen atoms in total. The number of methoxy groups -OCH3 is 2. The van der Waals surface area contributed by atoms with E-state index >= 15 is 0 Å². The summed E-state index contributed by atoms with van der Waals surface area (Å²) < 4.78 is 16.1. The average molecular weight is 251 g/mol. The Morgan fingerprint density at radius 3 is 2.61 bits per heavy atom. The van der Waals surface area contributed by atoms with E-state index in [4.69, 9.17) is 13.9 Å². The molecule has 96 valence electrons. The van der Waals surface area contributed by atoms with Gasteiger partial charge < -0.3 is 13.9 Å². The number of nitrogens with zero attached hydrogens (tertiary/aromatic N) is 1. The Labute approximate surface area is 103 Å². The zero-order valence-corrected chi connectivity index (χ0v) is 10.3. The van der Waals surface area contributed by atoms with Crippen LogP contribution in [0.15, 0.2) is 27.4 Å². The summed E-state index contributed by atoms with van der Waals surface area (Å²) >= 11 is 0. The molecule has 0 saturated carbocycles. The summed E-state index contributed by atoms with van der Waals surface area (Å²) in [4.78, 5) is 23.3. The maximum absolute atomic E-state index is 12.0. The van der Waals surface area contributed by atoms with Crippen LogP contribution in [0.5, 0.6) is 0 Å². The van der Waals surface area contributed by atoms with Crippen LogP contribution in [0.1, 0.15) is 10.4 Å². The van der Waals surface area contributed by atoms with E-state index in [0.29, 0.717) is 16.7 Å². The molecule has 0 aliphatic carbocycles. The molecular formula is C12H13NO5. The van der Waals surface area contributed by atoms with Crippen molar-refractivity contribution in [3.05, 3.63) is 34.3 Å². The third kappa shape index (κ3) is 1.96. The molecule has 6 heteroatoms. The van der Waals surface area contributed by atoms with E-state index in [1.54, 1.807) is 25.2 Å². The van der Waals surface area contributed by atoms with Crippen LogP contribution in [0, 0.1) is 0 Å². The minimum atomic E-state index is -0.952. The van der Waals surface area contributed by atoms with Crippen LogP contribution in [0.2, 0.25) is 0 Å². The first-order valence-electron chi connectivity index (χ1n) is 5.28. The number of carbonyl (C=O) groups excluding carboxylic acids is 1. The molecule has 0 aliphatic heterocycles. The lowest BCUT2D eigenvalue weighted by atomic mass is 10.1. The van der Waals surface area contributed by atoms with Crippen molar-refractivity contribution in [2.45, 2.75) is 6.29 Å². The number of hydrogen-bond acceptors (Lipinski definition) is 5. The Balaban J connectivity index is 2.50. The van der Waals surface area contributed by atoms with Crippen LogP contribution in [0.25, 0.3) is 11.1 Å². The largest absolute Gasteiger partial charge is 0.419 e. The molecule has 0 radical (unpaired) electrons. The van der Waals surface area contributed by atoms with Crippen molar-refractivity contribution in [2.24, 2.45) is 7.05 Å². The fourth-order valence-corrected chi connectivity index (χ4v) is 1.73. The van der Waals surface area contributed by atoms with Gasteiger partial charge in [0.2, 0.25) is 12.1 Å². The van der Waals surface area contributed by atoms with Gasteiger partial charge in [-0.2, -0.15) is 0 Å². The highest BCUT2D eigenvalue weighted by Crippen LogP contribution is 2.16. The fourth-order valence-electron chi connectivity index (χ4n) is 1.73. The standard InChI is InChI=1S/C12H13NO5/c1-13-8-6-7(10(14)11(16-2)17-3)4-5-9(8)18-12(13)15/h4-6,11H,1-3H3. The molecule has 0 bridgehead atoms. The van der Waals surface area contributed by atoms with Gasteiger partial charge >= 0.3 is 5.76 Å². The summed E-state index contributed by atoms with van der Waals surface area (Å²) in [5.41, 5.74) is 1.38. The molecule has 0 unspecified atom stereocenters. The molecule has 0 spiro atoms. The predicted molar refractivity (Wildman–Crippen MR) is 63.6 cm³/mol. The van der Waals surface area contributed by atoms with Gasteiger partial charge in [0.1, 0.15) is 0 Å². The van der Waals surface area contributed by atoms with Gasteiger partial charge in [0, 0.05) is 26.8 Å². The van der Waals surface area contributed by atoms with Gasteiger partial charge in [-0.15, -0.1) is 0 Å². The van der Waals surface area contributed by atoms with Crippen molar-refractivity contribution in [1.29, 1.82) is 0 Å². The van der Waals surface area contributed by atoms with Crippen LogP contribution in [-0.4, -0.2) is 30.9 Å². The number of Topliss-reactive ketones (excluding diaryl/α,β-unsaturated/α-hetero) is 1. The van der Waals surface area contributed by atoms with Gasteiger partial charge in [-0.1, -0.05) is 0 Å². The van der Waals surface area contributed by atoms with E-state index in [2.05, 4.69) is 0 Å². The fraction of sp³-hybridized carbons (Fsp3) is 0.333. The first-order chi connectivity index (χ1) is 8.58. The van der Waals surface area contributed by atoms with Crippen molar-refractivity contribution in [3.63, 3.8) is 0 Å². The Kier molecular flexibility index (Phi) is 3.31. The molecule has 0 amide bonds. The Morgan fingerprint density at radius 1 is 1.33 bits per heavy atom. The number of hydrogen-bond donors (Lipinski definition) is 0. The van der Waals surface area contributed by atoms with E-state index in [9.17, 15) is 9.59 Å². The first kappa shape index (κ1) is 12.5. The van der Waals surface area contributed by atoms with Gasteiger partial charge in [0.25, 0.3) is 0 Å². The summed E-state index contributed by atoms with van der Waals surface area (Å²) in [6.45, 7) is 0. The minimum absolute atomic E-state index is 0.310. The highest BCUT2D eigenvalue weighted by Gasteiger charge is 2.20. The molecule has 2 rings (SSSR count). The Morgan fingerprint density at radius 2 is 2.00 bits per heavy atom. The lowest BCUT2D eigenvalue weighted by Crippen LogP contribution is -2.24. The van der Waals surface area contributed by atoms with Crippen molar-refractivity contribution in [1.82, 2.24) is 4.57 Å². The number of benzene rings is 1. The molecule has 1 heterocycles. The lowest BCUT2D eigenvalue weighted by Gasteiger charge is -2.11. The molecule has 0 fully saturated rings. The number of ketones is 1. The predicted octanol–water partition coefficient (Wildman–Crippen LogP) is 0.933. The molecular weight excluding hydrogens is 238 g/mol. The van der Waals surface area contributed by atoms with Crippen molar-refractivity contribution in [2.75, 3.05) is 14.2 Å². The number of ether oxygens (including phenoxy) is 2. The number of carbonyl (C=O) groups is 1. The maximum Gasteiger partial charge on any atom is 0.419 e. The minimum Gasteiger partial charge on any atom is -0.408 e. The number of aromatic nitrogens is 1. The normalized spacial score (nSPS) is 11.3. The van der Waals surface area contributed by atoms with Crippen LogP contribution >= 0.6 is 0 Å². The first-order valence-corrected chi connectivity index (χ1v) is 5.28. The topological polar surface area (TPSA) is 70.7 Å². The van der Waals surface area contributed by atoms with Gasteiger partial charge in [0.15, 0.2) is 5.58 Å². The summed E-state index contributed by atoms with van der Waals surface area (Å²) in [7, 11) is 4.35. The molecule has 1 aromatic heterocycles. The second kappa shape index (κ2) is 4.75. The number of rotatable bonds is 4. The maximum atomic E-state index is 12.0.